The first-order valence-corrected chi connectivity index (χ1v) is 4.96. The van der Waals surface area contributed by atoms with E-state index in [0.717, 1.165) is 12.8 Å². The Bertz CT molecular complexity index is 153. The van der Waals surface area contributed by atoms with Crippen molar-refractivity contribution >= 4 is 5.91 Å². The third-order valence-electron chi connectivity index (χ3n) is 1.82. The van der Waals surface area contributed by atoms with E-state index in [1.165, 1.54) is 0 Å². The molecule has 84 valence electrons. The summed E-state index contributed by atoms with van der Waals surface area (Å²) < 4.78 is 5.19. The third-order valence-corrected chi connectivity index (χ3v) is 1.82. The minimum absolute atomic E-state index is 0.231. The summed E-state index contributed by atoms with van der Waals surface area (Å²) in [6, 6.07) is 0. The number of carbonyl (C=O) groups is 1. The van der Waals surface area contributed by atoms with Crippen LogP contribution in [0.2, 0.25) is 0 Å². The highest BCUT2D eigenvalue weighted by molar-refractivity contribution is 5.75. The van der Waals surface area contributed by atoms with E-state index < -0.39 is 6.10 Å². The van der Waals surface area contributed by atoms with Crippen LogP contribution in [0.5, 0.6) is 0 Å². The van der Waals surface area contributed by atoms with Crippen LogP contribution in [0.4, 0.5) is 0 Å². The van der Waals surface area contributed by atoms with E-state index >= 15 is 0 Å². The first kappa shape index (κ1) is 13.4. The molecule has 1 amide bonds. The van der Waals surface area contributed by atoms with Crippen molar-refractivity contribution in [1.29, 1.82) is 0 Å². The summed E-state index contributed by atoms with van der Waals surface area (Å²) in [6.07, 6.45) is 2.11. The van der Waals surface area contributed by atoms with Crippen molar-refractivity contribution in [2.24, 2.45) is 5.84 Å². The molecule has 5 heteroatoms. The molecule has 1 unspecified atom stereocenters. The number of aliphatic hydroxyl groups excluding tert-OH is 1. The Hall–Kier alpha value is -0.650. The molecule has 14 heavy (non-hydrogen) atoms. The lowest BCUT2D eigenvalue weighted by Gasteiger charge is -2.10. The number of aliphatic hydroxyl groups is 1. The van der Waals surface area contributed by atoms with Gasteiger partial charge < -0.3 is 9.84 Å². The van der Waals surface area contributed by atoms with Gasteiger partial charge in [0.15, 0.2) is 0 Å². The molecule has 1 atom stereocenters. The summed E-state index contributed by atoms with van der Waals surface area (Å²) in [5.41, 5.74) is 2.01. The number of unbranched alkanes of at least 4 members (excludes halogenated alkanes) is 1. The van der Waals surface area contributed by atoms with Gasteiger partial charge in [-0.1, -0.05) is 13.3 Å². The molecule has 0 aromatic heterocycles. The fourth-order valence-electron chi connectivity index (χ4n) is 0.919. The molecule has 0 aliphatic carbocycles. The molecule has 0 radical (unpaired) electrons. The Kier molecular flexibility index (Phi) is 8.51. The quantitative estimate of drug-likeness (QED) is 0.224. The van der Waals surface area contributed by atoms with Crippen molar-refractivity contribution < 1.29 is 14.6 Å². The number of nitrogens with one attached hydrogen (secondary N) is 1. The molecule has 0 saturated carbocycles. The number of ether oxygens (including phenoxy) is 1. The van der Waals surface area contributed by atoms with E-state index in [0.29, 0.717) is 13.0 Å². The standard InChI is InChI=1S/C9H20N2O3/c1-2-3-6-14-7-8(12)4-5-9(13)11-10/h8,12H,2-7,10H2,1H3,(H,11,13). The molecule has 0 aromatic rings. The molecule has 0 fully saturated rings. The maximum Gasteiger partial charge on any atom is 0.233 e. The Morgan fingerprint density at radius 1 is 1.64 bits per heavy atom. The lowest BCUT2D eigenvalue weighted by Crippen LogP contribution is -2.31. The summed E-state index contributed by atoms with van der Waals surface area (Å²) in [5.74, 6) is 4.62. The molecule has 5 nitrogen and oxygen atoms in total. The molecular weight excluding hydrogens is 184 g/mol. The molecule has 0 spiro atoms. The van der Waals surface area contributed by atoms with Crippen LogP contribution in [0.15, 0.2) is 0 Å². The smallest absolute Gasteiger partial charge is 0.233 e. The number of rotatable bonds is 8. The summed E-state index contributed by atoms with van der Waals surface area (Å²) >= 11 is 0. The Balaban J connectivity index is 3.27. The SMILES string of the molecule is CCCCOCC(O)CCC(=O)NN. The van der Waals surface area contributed by atoms with Gasteiger partial charge in [-0.15, -0.1) is 0 Å². The number of nitrogens with two attached hydrogens (primary N) is 1. The lowest BCUT2D eigenvalue weighted by molar-refractivity contribution is -0.121. The van der Waals surface area contributed by atoms with E-state index in [4.69, 9.17) is 10.6 Å². The lowest BCUT2D eigenvalue weighted by atomic mass is 10.2. The summed E-state index contributed by atoms with van der Waals surface area (Å²) in [7, 11) is 0. The molecule has 0 heterocycles. The van der Waals surface area contributed by atoms with Crippen LogP contribution in [0, 0.1) is 0 Å². The van der Waals surface area contributed by atoms with Crippen molar-refractivity contribution in [3.8, 4) is 0 Å². The van der Waals surface area contributed by atoms with Crippen molar-refractivity contribution in [2.45, 2.75) is 38.7 Å². The molecule has 4 N–H and O–H groups in total. The summed E-state index contributed by atoms with van der Waals surface area (Å²) in [4.78, 5) is 10.7. The molecule has 0 rings (SSSR count). The predicted molar refractivity (Wildman–Crippen MR) is 53.3 cm³/mol. The summed E-state index contributed by atoms with van der Waals surface area (Å²) in [5, 5.41) is 9.35. The van der Waals surface area contributed by atoms with E-state index in [-0.39, 0.29) is 18.9 Å². The Morgan fingerprint density at radius 2 is 2.36 bits per heavy atom. The van der Waals surface area contributed by atoms with Gasteiger partial charge in [-0.05, 0) is 12.8 Å². The topological polar surface area (TPSA) is 84.6 Å². The highest BCUT2D eigenvalue weighted by atomic mass is 16.5. The van der Waals surface area contributed by atoms with Gasteiger partial charge in [0, 0.05) is 13.0 Å². The van der Waals surface area contributed by atoms with Crippen LogP contribution in [0.25, 0.3) is 0 Å². The fraction of sp³-hybridized carbons (Fsp3) is 0.889. The number of hydrogen-bond donors (Lipinski definition) is 3. The van der Waals surface area contributed by atoms with Gasteiger partial charge in [0.2, 0.25) is 5.91 Å². The molecular formula is C9H20N2O3. The van der Waals surface area contributed by atoms with Gasteiger partial charge in [-0.2, -0.15) is 0 Å². The minimum atomic E-state index is -0.579. The molecule has 0 bridgehead atoms. The van der Waals surface area contributed by atoms with Gasteiger partial charge in [0.1, 0.15) is 0 Å². The number of hydrazine groups is 1. The van der Waals surface area contributed by atoms with E-state index in [1.54, 1.807) is 0 Å². The maximum absolute atomic E-state index is 10.7. The van der Waals surface area contributed by atoms with Gasteiger partial charge in [-0.25, -0.2) is 5.84 Å². The molecule has 0 saturated heterocycles. The van der Waals surface area contributed by atoms with Crippen LogP contribution in [0.1, 0.15) is 32.6 Å². The van der Waals surface area contributed by atoms with Crippen LogP contribution in [-0.4, -0.2) is 30.3 Å². The van der Waals surface area contributed by atoms with Crippen LogP contribution in [0.3, 0.4) is 0 Å². The normalized spacial score (nSPS) is 12.5. The average molecular weight is 204 g/mol. The van der Waals surface area contributed by atoms with E-state index in [9.17, 15) is 9.90 Å². The molecule has 0 aromatic carbocycles. The van der Waals surface area contributed by atoms with Crippen molar-refractivity contribution in [3.05, 3.63) is 0 Å². The van der Waals surface area contributed by atoms with Crippen LogP contribution in [-0.2, 0) is 9.53 Å². The second-order valence-electron chi connectivity index (χ2n) is 3.19. The first-order valence-electron chi connectivity index (χ1n) is 4.96. The zero-order chi connectivity index (χ0) is 10.8. The van der Waals surface area contributed by atoms with Crippen molar-refractivity contribution in [1.82, 2.24) is 5.43 Å². The van der Waals surface area contributed by atoms with Crippen LogP contribution < -0.4 is 11.3 Å². The zero-order valence-corrected chi connectivity index (χ0v) is 8.66. The van der Waals surface area contributed by atoms with Crippen molar-refractivity contribution in [2.75, 3.05) is 13.2 Å². The predicted octanol–water partition coefficient (Wildman–Crippen LogP) is -0.0659. The van der Waals surface area contributed by atoms with Gasteiger partial charge in [0.25, 0.3) is 0 Å². The Morgan fingerprint density at radius 3 is 2.93 bits per heavy atom. The molecule has 0 aliphatic heterocycles. The van der Waals surface area contributed by atoms with E-state index in [2.05, 4.69) is 6.92 Å². The van der Waals surface area contributed by atoms with Gasteiger partial charge in [0.05, 0.1) is 12.7 Å². The highest BCUT2D eigenvalue weighted by Gasteiger charge is 2.06. The molecule has 0 aliphatic rings. The summed E-state index contributed by atoms with van der Waals surface area (Å²) in [6.45, 7) is 3.03. The number of carbonyl (C=O) groups excluding carboxylic acids is 1. The fourth-order valence-corrected chi connectivity index (χ4v) is 0.919. The van der Waals surface area contributed by atoms with Gasteiger partial charge >= 0.3 is 0 Å². The number of hydrogen-bond acceptors (Lipinski definition) is 4. The first-order chi connectivity index (χ1) is 6.70. The van der Waals surface area contributed by atoms with Crippen LogP contribution >= 0.6 is 0 Å². The maximum atomic E-state index is 10.7. The highest BCUT2D eigenvalue weighted by Crippen LogP contribution is 1.98. The Labute approximate surface area is 84.6 Å². The van der Waals surface area contributed by atoms with Gasteiger partial charge in [-0.3, -0.25) is 10.2 Å². The second-order valence-corrected chi connectivity index (χ2v) is 3.19. The average Bonchev–Trinajstić information content (AvgIpc) is 2.21. The largest absolute Gasteiger partial charge is 0.391 e. The van der Waals surface area contributed by atoms with E-state index in [1.807, 2.05) is 5.43 Å². The minimum Gasteiger partial charge on any atom is -0.391 e. The van der Waals surface area contributed by atoms with Crippen molar-refractivity contribution in [3.63, 3.8) is 0 Å². The zero-order valence-electron chi connectivity index (χ0n) is 8.66. The third kappa shape index (κ3) is 7.97. The second kappa shape index (κ2) is 8.93. The monoisotopic (exact) mass is 204 g/mol. The number of amides is 1.